The summed E-state index contributed by atoms with van der Waals surface area (Å²) in [6.45, 7) is 1.01. The molecule has 0 bridgehead atoms. The summed E-state index contributed by atoms with van der Waals surface area (Å²) in [7, 11) is 0. The number of hydrogen-bond acceptors (Lipinski definition) is 4. The van der Waals surface area contributed by atoms with Crippen LogP contribution in [0.1, 0.15) is 31.5 Å². The van der Waals surface area contributed by atoms with E-state index >= 15 is 0 Å². The zero-order valence-electron chi connectivity index (χ0n) is 16.7. The lowest BCUT2D eigenvalue weighted by molar-refractivity contribution is -0.125. The standard InChI is InChI=1S/C23H24ClN5O/c24-17-8-9-21-20(14-17)27-22(28(21)11-5-4-10-25)15-29(19-6-2-1-3-7-19)23(30)16-12-18(26)13-16/h1-3,6-9,14,16,18H,4-5,11-13,15,26H2. The molecule has 1 aromatic heterocycles. The summed E-state index contributed by atoms with van der Waals surface area (Å²) in [4.78, 5) is 19.9. The maximum atomic E-state index is 13.3. The number of para-hydroxylation sites is 1. The number of aromatic nitrogens is 2. The van der Waals surface area contributed by atoms with Gasteiger partial charge in [0.25, 0.3) is 0 Å². The molecule has 4 rings (SSSR count). The van der Waals surface area contributed by atoms with Crippen molar-refractivity contribution in [2.75, 3.05) is 4.90 Å². The highest BCUT2D eigenvalue weighted by molar-refractivity contribution is 6.31. The molecule has 1 fully saturated rings. The topological polar surface area (TPSA) is 87.9 Å². The Kier molecular flexibility index (Phi) is 6.03. The molecule has 0 unspecified atom stereocenters. The summed E-state index contributed by atoms with van der Waals surface area (Å²) in [6.07, 6.45) is 2.62. The van der Waals surface area contributed by atoms with E-state index in [1.165, 1.54) is 0 Å². The summed E-state index contributed by atoms with van der Waals surface area (Å²) in [5.41, 5.74) is 8.52. The summed E-state index contributed by atoms with van der Waals surface area (Å²) in [6, 6.07) is 17.6. The smallest absolute Gasteiger partial charge is 0.230 e. The van der Waals surface area contributed by atoms with Crippen LogP contribution in [0.5, 0.6) is 0 Å². The number of nitrogens with zero attached hydrogens (tertiary/aromatic N) is 4. The number of fused-ring (bicyclic) bond motifs is 1. The fourth-order valence-corrected chi connectivity index (χ4v) is 4.14. The molecule has 0 radical (unpaired) electrons. The van der Waals surface area contributed by atoms with Crippen molar-refractivity contribution in [3.63, 3.8) is 0 Å². The van der Waals surface area contributed by atoms with Crippen LogP contribution in [0.3, 0.4) is 0 Å². The van der Waals surface area contributed by atoms with Crippen molar-refractivity contribution in [2.24, 2.45) is 11.7 Å². The lowest BCUT2D eigenvalue weighted by Gasteiger charge is -2.35. The summed E-state index contributed by atoms with van der Waals surface area (Å²) >= 11 is 6.17. The van der Waals surface area contributed by atoms with Crippen molar-refractivity contribution in [2.45, 2.75) is 44.8 Å². The number of nitriles is 1. The van der Waals surface area contributed by atoms with Crippen molar-refractivity contribution in [3.8, 4) is 6.07 Å². The van der Waals surface area contributed by atoms with Crippen LogP contribution in [0.4, 0.5) is 5.69 Å². The molecule has 154 valence electrons. The first-order valence-corrected chi connectivity index (χ1v) is 10.6. The Labute approximate surface area is 180 Å². The number of halogens is 1. The second-order valence-electron chi connectivity index (χ2n) is 7.76. The highest BCUT2D eigenvalue weighted by Crippen LogP contribution is 2.31. The van der Waals surface area contributed by atoms with Gasteiger partial charge in [-0.1, -0.05) is 29.8 Å². The SMILES string of the molecule is N#CCCCn1c(CN(C(=O)C2CC(N)C2)c2ccccc2)nc2cc(Cl)ccc21. The van der Waals surface area contributed by atoms with E-state index in [-0.39, 0.29) is 17.9 Å². The molecular formula is C23H24ClN5O. The van der Waals surface area contributed by atoms with E-state index in [0.29, 0.717) is 31.0 Å². The van der Waals surface area contributed by atoms with Crippen LogP contribution in [-0.4, -0.2) is 21.5 Å². The van der Waals surface area contributed by atoms with E-state index in [4.69, 9.17) is 27.6 Å². The fourth-order valence-electron chi connectivity index (χ4n) is 3.97. The minimum Gasteiger partial charge on any atom is -0.328 e. The number of amides is 1. The second-order valence-corrected chi connectivity index (χ2v) is 8.20. The summed E-state index contributed by atoms with van der Waals surface area (Å²) in [5, 5.41) is 9.56. The van der Waals surface area contributed by atoms with Crippen molar-refractivity contribution in [1.82, 2.24) is 9.55 Å². The van der Waals surface area contributed by atoms with Crippen LogP contribution < -0.4 is 10.6 Å². The molecule has 2 aromatic carbocycles. The maximum Gasteiger partial charge on any atom is 0.230 e. The fraction of sp³-hybridized carbons (Fsp3) is 0.348. The van der Waals surface area contributed by atoms with Crippen molar-refractivity contribution in [3.05, 3.63) is 59.4 Å². The van der Waals surface area contributed by atoms with E-state index in [0.717, 1.165) is 35.4 Å². The number of anilines is 1. The van der Waals surface area contributed by atoms with Crippen LogP contribution in [0.2, 0.25) is 5.02 Å². The minimum atomic E-state index is -0.0499. The number of benzene rings is 2. The number of carbonyl (C=O) groups excluding carboxylic acids is 1. The molecule has 1 aliphatic carbocycles. The quantitative estimate of drug-likeness (QED) is 0.577. The molecule has 2 N–H and O–H groups in total. The molecule has 0 atom stereocenters. The third-order valence-corrected chi connectivity index (χ3v) is 5.85. The second kappa shape index (κ2) is 8.86. The molecule has 1 saturated carbocycles. The number of unbranched alkanes of at least 4 members (excludes halogenated alkanes) is 1. The highest BCUT2D eigenvalue weighted by Gasteiger charge is 2.35. The molecule has 30 heavy (non-hydrogen) atoms. The molecule has 7 heteroatoms. The Morgan fingerprint density at radius 1 is 1.27 bits per heavy atom. The van der Waals surface area contributed by atoms with Crippen LogP contribution in [0.15, 0.2) is 48.5 Å². The highest BCUT2D eigenvalue weighted by atomic mass is 35.5. The Morgan fingerprint density at radius 3 is 2.73 bits per heavy atom. The summed E-state index contributed by atoms with van der Waals surface area (Å²) in [5.74, 6) is 0.814. The van der Waals surface area contributed by atoms with Gasteiger partial charge in [0.2, 0.25) is 5.91 Å². The lowest BCUT2D eigenvalue weighted by Crippen LogP contribution is -2.47. The zero-order chi connectivity index (χ0) is 21.1. The Hall–Kier alpha value is -2.88. The Bertz CT molecular complexity index is 1080. The molecule has 6 nitrogen and oxygen atoms in total. The number of nitrogens with two attached hydrogens (primary N) is 1. The molecule has 1 aliphatic rings. The van der Waals surface area contributed by atoms with Gasteiger partial charge in [-0.3, -0.25) is 4.79 Å². The molecule has 0 spiro atoms. The van der Waals surface area contributed by atoms with Crippen LogP contribution in [0, 0.1) is 17.2 Å². The van der Waals surface area contributed by atoms with E-state index in [2.05, 4.69) is 10.6 Å². The van der Waals surface area contributed by atoms with Gasteiger partial charge in [0, 0.05) is 35.6 Å². The third kappa shape index (κ3) is 4.18. The molecule has 0 saturated heterocycles. The number of carbonyl (C=O) groups is 1. The van der Waals surface area contributed by atoms with Gasteiger partial charge in [0.15, 0.2) is 0 Å². The number of rotatable bonds is 7. The predicted octanol–water partition coefficient (Wildman–Crippen LogP) is 4.26. The Balaban J connectivity index is 1.70. The number of hydrogen-bond donors (Lipinski definition) is 1. The normalized spacial score (nSPS) is 18.0. The van der Waals surface area contributed by atoms with E-state index in [9.17, 15) is 4.79 Å². The first-order chi connectivity index (χ1) is 14.6. The molecule has 1 amide bonds. The molecule has 0 aliphatic heterocycles. The van der Waals surface area contributed by atoms with E-state index < -0.39 is 0 Å². The predicted molar refractivity (Wildman–Crippen MR) is 118 cm³/mol. The van der Waals surface area contributed by atoms with Gasteiger partial charge >= 0.3 is 0 Å². The average Bonchev–Trinajstić information content (AvgIpc) is 3.06. The monoisotopic (exact) mass is 421 g/mol. The van der Waals surface area contributed by atoms with Gasteiger partial charge in [-0.25, -0.2) is 4.98 Å². The largest absolute Gasteiger partial charge is 0.328 e. The summed E-state index contributed by atoms with van der Waals surface area (Å²) < 4.78 is 2.10. The van der Waals surface area contributed by atoms with E-state index in [1.807, 2.05) is 48.5 Å². The first-order valence-electron chi connectivity index (χ1n) is 10.2. The van der Waals surface area contributed by atoms with Gasteiger partial charge in [0.05, 0.1) is 23.6 Å². The molecule has 3 aromatic rings. The van der Waals surface area contributed by atoms with Gasteiger partial charge in [-0.15, -0.1) is 0 Å². The molecular weight excluding hydrogens is 398 g/mol. The molecule has 1 heterocycles. The lowest BCUT2D eigenvalue weighted by atomic mass is 9.80. The van der Waals surface area contributed by atoms with E-state index in [1.54, 1.807) is 4.90 Å². The van der Waals surface area contributed by atoms with Crippen LogP contribution in [0.25, 0.3) is 11.0 Å². The maximum absolute atomic E-state index is 13.3. The van der Waals surface area contributed by atoms with Gasteiger partial charge in [-0.2, -0.15) is 5.26 Å². The number of aryl methyl sites for hydroxylation is 1. The van der Waals surface area contributed by atoms with Crippen LogP contribution >= 0.6 is 11.6 Å². The van der Waals surface area contributed by atoms with Gasteiger partial charge in [0.1, 0.15) is 5.82 Å². The minimum absolute atomic E-state index is 0.0499. The Morgan fingerprint density at radius 2 is 2.03 bits per heavy atom. The first kappa shape index (κ1) is 20.4. The van der Waals surface area contributed by atoms with Crippen LogP contribution in [-0.2, 0) is 17.9 Å². The third-order valence-electron chi connectivity index (χ3n) is 5.62. The van der Waals surface area contributed by atoms with Crippen molar-refractivity contribution < 1.29 is 4.79 Å². The van der Waals surface area contributed by atoms with Gasteiger partial charge < -0.3 is 15.2 Å². The number of imidazole rings is 1. The van der Waals surface area contributed by atoms with Gasteiger partial charge in [-0.05, 0) is 49.6 Å². The van der Waals surface area contributed by atoms with Crippen molar-refractivity contribution >= 4 is 34.2 Å². The zero-order valence-corrected chi connectivity index (χ0v) is 17.4. The average molecular weight is 422 g/mol. The van der Waals surface area contributed by atoms with Crippen molar-refractivity contribution in [1.29, 1.82) is 5.26 Å².